The second-order valence-electron chi connectivity index (χ2n) is 6.53. The largest absolute Gasteiger partial charge is 0.474 e. The monoisotopic (exact) mass is 408 g/mol. The summed E-state index contributed by atoms with van der Waals surface area (Å²) in [5.41, 5.74) is 0.660. The van der Waals surface area contributed by atoms with Crippen molar-refractivity contribution in [2.75, 3.05) is 13.3 Å². The molecule has 1 saturated carbocycles. The Balaban J connectivity index is 1.86. The van der Waals surface area contributed by atoms with E-state index in [0.29, 0.717) is 10.5 Å². The van der Waals surface area contributed by atoms with Crippen LogP contribution in [0.3, 0.4) is 0 Å². The smallest absolute Gasteiger partial charge is 0.352 e. The van der Waals surface area contributed by atoms with Crippen LogP contribution in [0.25, 0.3) is 0 Å². The van der Waals surface area contributed by atoms with Crippen LogP contribution < -0.4 is 0 Å². The fraction of sp³-hybridized carbons (Fsp3) is 0.381. The van der Waals surface area contributed by atoms with Gasteiger partial charge in [-0.1, -0.05) is 18.2 Å². The van der Waals surface area contributed by atoms with Crippen LogP contribution in [0.2, 0.25) is 0 Å². The van der Waals surface area contributed by atoms with Crippen LogP contribution in [0, 0.1) is 0 Å². The van der Waals surface area contributed by atoms with E-state index in [-0.39, 0.29) is 29.6 Å². The molecule has 0 spiro atoms. The Morgan fingerprint density at radius 1 is 1.25 bits per heavy atom. The Kier molecular flexibility index (Phi) is 6.78. The molecule has 1 fully saturated rings. The van der Waals surface area contributed by atoms with E-state index in [4.69, 9.17) is 9.47 Å². The lowest BCUT2D eigenvalue weighted by atomic mass is 10.1. The number of carbonyl (C=O) groups is 1. The third kappa shape index (κ3) is 4.95. The van der Waals surface area contributed by atoms with Gasteiger partial charge in [0.05, 0.1) is 17.4 Å². The van der Waals surface area contributed by atoms with Crippen molar-refractivity contribution in [3.05, 3.63) is 65.2 Å². The highest BCUT2D eigenvalue weighted by molar-refractivity contribution is 7.86. The lowest BCUT2D eigenvalue weighted by Crippen LogP contribution is -2.19. The van der Waals surface area contributed by atoms with E-state index in [0.717, 1.165) is 12.8 Å². The highest BCUT2D eigenvalue weighted by atomic mass is 32.2. The molecule has 0 aromatic heterocycles. The summed E-state index contributed by atoms with van der Waals surface area (Å²) < 4.78 is 50.1. The van der Waals surface area contributed by atoms with Crippen LogP contribution >= 0.6 is 0 Å². The zero-order valence-corrected chi connectivity index (χ0v) is 16.3. The summed E-state index contributed by atoms with van der Waals surface area (Å²) in [6, 6.07) is 6.71. The van der Waals surface area contributed by atoms with Gasteiger partial charge in [0.1, 0.15) is 18.3 Å². The van der Waals surface area contributed by atoms with E-state index in [1.807, 2.05) is 0 Å². The number of alkyl halides is 1. The van der Waals surface area contributed by atoms with Crippen molar-refractivity contribution in [2.24, 2.45) is 0 Å². The fourth-order valence-corrected chi connectivity index (χ4v) is 4.10. The number of allylic oxidation sites excluding steroid dienone is 5. The molecule has 0 heterocycles. The van der Waals surface area contributed by atoms with Crippen LogP contribution in [-0.2, 0) is 25.1 Å². The molecule has 2 aliphatic carbocycles. The second kappa shape index (κ2) is 9.28. The standard InChI is InChI=1S/C21H22F2O4S/c1-2-26-21(24)20(27-19-12-7-16(23)6-3-15(19)13-22)14-4-8-17(9-5-14)28(25)18-10-11-18/h3-5,7-9,12,18,20H,2,6,10-11,13H2,1H3. The molecule has 2 unspecified atom stereocenters. The zero-order valence-electron chi connectivity index (χ0n) is 15.5. The molecule has 28 heavy (non-hydrogen) atoms. The van der Waals surface area contributed by atoms with Gasteiger partial charge in [0.2, 0.25) is 6.10 Å². The minimum Gasteiger partial charge on any atom is -0.474 e. The van der Waals surface area contributed by atoms with E-state index >= 15 is 0 Å². The first kappa shape index (κ1) is 20.5. The number of hydrogen-bond donors (Lipinski definition) is 0. The minimum absolute atomic E-state index is 0.0334. The molecule has 0 bridgehead atoms. The SMILES string of the molecule is CCOC(=O)C(OC1=CC=C(F)CC=C1CF)c1ccc(S(=O)C2CC2)cc1. The summed E-state index contributed by atoms with van der Waals surface area (Å²) in [6.45, 7) is 0.983. The Hall–Kier alpha value is -2.28. The highest BCUT2D eigenvalue weighted by Gasteiger charge is 2.30. The maximum Gasteiger partial charge on any atom is 0.352 e. The highest BCUT2D eigenvalue weighted by Crippen LogP contribution is 2.32. The van der Waals surface area contributed by atoms with Crippen molar-refractivity contribution in [1.29, 1.82) is 0 Å². The molecule has 1 aromatic carbocycles. The average molecular weight is 408 g/mol. The van der Waals surface area contributed by atoms with Gasteiger partial charge in [0.25, 0.3) is 0 Å². The number of halogens is 2. The molecular formula is C21H22F2O4S. The van der Waals surface area contributed by atoms with Crippen molar-refractivity contribution in [1.82, 2.24) is 0 Å². The van der Waals surface area contributed by atoms with Crippen LogP contribution in [0.1, 0.15) is 37.9 Å². The molecule has 1 aromatic rings. The molecule has 0 amide bonds. The zero-order chi connectivity index (χ0) is 20.1. The molecule has 0 N–H and O–H groups in total. The number of rotatable bonds is 8. The molecule has 0 aliphatic heterocycles. The van der Waals surface area contributed by atoms with Crippen molar-refractivity contribution < 1.29 is 27.3 Å². The molecule has 7 heteroatoms. The lowest BCUT2D eigenvalue weighted by Gasteiger charge is -2.20. The first-order chi connectivity index (χ1) is 13.5. The third-order valence-corrected chi connectivity index (χ3v) is 6.22. The van der Waals surface area contributed by atoms with Crippen LogP contribution in [-0.4, -0.2) is 28.7 Å². The molecule has 150 valence electrons. The van der Waals surface area contributed by atoms with Gasteiger partial charge in [-0.15, -0.1) is 0 Å². The van der Waals surface area contributed by atoms with Crippen molar-refractivity contribution in [3.8, 4) is 0 Å². The van der Waals surface area contributed by atoms with Crippen molar-refractivity contribution in [2.45, 2.75) is 42.4 Å². The van der Waals surface area contributed by atoms with Gasteiger partial charge in [-0.3, -0.25) is 4.21 Å². The van der Waals surface area contributed by atoms with E-state index in [1.165, 1.54) is 18.2 Å². The summed E-state index contributed by atoms with van der Waals surface area (Å²) in [5, 5.41) is 0.207. The Labute approximate surface area is 165 Å². The van der Waals surface area contributed by atoms with E-state index < -0.39 is 35.4 Å². The summed E-state index contributed by atoms with van der Waals surface area (Å²) in [6.07, 6.45) is 4.65. The van der Waals surface area contributed by atoms with Gasteiger partial charge >= 0.3 is 5.97 Å². The summed E-state index contributed by atoms with van der Waals surface area (Å²) in [7, 11) is -1.06. The molecule has 4 nitrogen and oxygen atoms in total. The lowest BCUT2D eigenvalue weighted by molar-refractivity contribution is -0.154. The number of carbonyl (C=O) groups excluding carboxylic acids is 1. The Bertz CT molecular complexity index is 838. The van der Waals surface area contributed by atoms with Gasteiger partial charge < -0.3 is 9.47 Å². The molecule has 3 rings (SSSR count). The van der Waals surface area contributed by atoms with E-state index in [2.05, 4.69) is 0 Å². The Morgan fingerprint density at radius 2 is 1.96 bits per heavy atom. The molecule has 2 atom stereocenters. The molecular weight excluding hydrogens is 386 g/mol. The van der Waals surface area contributed by atoms with Crippen LogP contribution in [0.5, 0.6) is 0 Å². The summed E-state index contributed by atoms with van der Waals surface area (Å²) in [4.78, 5) is 13.2. The number of benzene rings is 1. The Morgan fingerprint density at radius 3 is 2.57 bits per heavy atom. The molecule has 2 aliphatic rings. The van der Waals surface area contributed by atoms with Crippen molar-refractivity contribution in [3.63, 3.8) is 0 Å². The molecule has 0 saturated heterocycles. The van der Waals surface area contributed by atoms with Crippen LogP contribution in [0.4, 0.5) is 8.78 Å². The van der Waals surface area contributed by atoms with E-state index in [9.17, 15) is 17.8 Å². The normalized spacial score (nSPS) is 18.9. The summed E-state index contributed by atoms with van der Waals surface area (Å²) in [5.74, 6) is -0.977. The average Bonchev–Trinajstić information content (AvgIpc) is 3.55. The number of esters is 1. The number of hydrogen-bond acceptors (Lipinski definition) is 4. The van der Waals surface area contributed by atoms with Gasteiger partial charge in [-0.25, -0.2) is 13.6 Å². The van der Waals surface area contributed by atoms with Gasteiger partial charge in [-0.05, 0) is 44.1 Å². The number of ether oxygens (including phenoxy) is 2. The maximum absolute atomic E-state index is 13.5. The van der Waals surface area contributed by atoms with Gasteiger partial charge in [0, 0.05) is 27.7 Å². The third-order valence-electron chi connectivity index (χ3n) is 4.41. The quantitative estimate of drug-likeness (QED) is 0.590. The maximum atomic E-state index is 13.5. The van der Waals surface area contributed by atoms with Gasteiger partial charge in [0.15, 0.2) is 0 Å². The second-order valence-corrected chi connectivity index (χ2v) is 8.26. The summed E-state index contributed by atoms with van der Waals surface area (Å²) >= 11 is 0. The van der Waals surface area contributed by atoms with Crippen LogP contribution in [0.15, 0.2) is 64.5 Å². The fourth-order valence-electron chi connectivity index (χ4n) is 2.75. The predicted octanol–water partition coefficient (Wildman–Crippen LogP) is 4.61. The van der Waals surface area contributed by atoms with Gasteiger partial charge in [-0.2, -0.15) is 0 Å². The first-order valence-corrected chi connectivity index (χ1v) is 10.4. The molecule has 0 radical (unpaired) electrons. The topological polar surface area (TPSA) is 52.6 Å². The predicted molar refractivity (Wildman–Crippen MR) is 102 cm³/mol. The van der Waals surface area contributed by atoms with Crippen molar-refractivity contribution >= 4 is 16.8 Å². The minimum atomic E-state index is -1.14. The first-order valence-electron chi connectivity index (χ1n) is 9.19. The van der Waals surface area contributed by atoms with E-state index in [1.54, 1.807) is 31.2 Å².